The third kappa shape index (κ3) is 3.22. The summed E-state index contributed by atoms with van der Waals surface area (Å²) in [6.07, 6.45) is 7.48. The van der Waals surface area contributed by atoms with Crippen molar-refractivity contribution in [3.8, 4) is 0 Å². The minimum Gasteiger partial charge on any atom is -0.339 e. The Bertz CT molecular complexity index is 426. The van der Waals surface area contributed by atoms with Crippen LogP contribution in [0.2, 0.25) is 5.02 Å². The molecule has 1 amide bonds. The molecular formula is C14H19ClN2O. The second kappa shape index (κ2) is 6.19. The van der Waals surface area contributed by atoms with Crippen LogP contribution >= 0.6 is 11.6 Å². The molecule has 2 heterocycles. The minimum absolute atomic E-state index is 0.0226. The molecule has 1 aromatic heterocycles. The van der Waals surface area contributed by atoms with Gasteiger partial charge in [0.2, 0.25) is 0 Å². The Labute approximate surface area is 113 Å². The summed E-state index contributed by atoms with van der Waals surface area (Å²) in [5.74, 6) is 0.0226. The summed E-state index contributed by atoms with van der Waals surface area (Å²) in [6, 6.07) is 1.75. The van der Waals surface area contributed by atoms with Crippen LogP contribution in [0, 0.1) is 6.92 Å². The van der Waals surface area contributed by atoms with Crippen LogP contribution in [-0.2, 0) is 0 Å². The van der Waals surface area contributed by atoms with Crippen molar-refractivity contribution in [2.75, 3.05) is 13.1 Å². The van der Waals surface area contributed by atoms with E-state index in [0.29, 0.717) is 10.6 Å². The maximum atomic E-state index is 12.4. The molecular weight excluding hydrogens is 248 g/mol. The number of hydrogen-bond donors (Lipinski definition) is 0. The maximum absolute atomic E-state index is 12.4. The van der Waals surface area contributed by atoms with E-state index in [1.165, 1.54) is 19.3 Å². The third-order valence-corrected chi connectivity index (χ3v) is 3.68. The number of pyridine rings is 1. The van der Waals surface area contributed by atoms with E-state index in [9.17, 15) is 4.79 Å². The van der Waals surface area contributed by atoms with E-state index in [4.69, 9.17) is 11.6 Å². The molecule has 1 aliphatic heterocycles. The van der Waals surface area contributed by atoms with Crippen molar-refractivity contribution in [1.29, 1.82) is 0 Å². The number of hydrogen-bond acceptors (Lipinski definition) is 2. The van der Waals surface area contributed by atoms with E-state index in [-0.39, 0.29) is 5.91 Å². The first kappa shape index (κ1) is 13.3. The zero-order valence-corrected chi connectivity index (χ0v) is 11.5. The predicted octanol–water partition coefficient (Wildman–Crippen LogP) is 3.45. The Morgan fingerprint density at radius 3 is 2.44 bits per heavy atom. The molecule has 0 spiro atoms. The van der Waals surface area contributed by atoms with Crippen molar-refractivity contribution in [3.63, 3.8) is 0 Å². The third-order valence-electron chi connectivity index (χ3n) is 3.36. The van der Waals surface area contributed by atoms with Gasteiger partial charge in [0.25, 0.3) is 5.91 Å². The first-order valence-corrected chi connectivity index (χ1v) is 6.97. The van der Waals surface area contributed by atoms with Gasteiger partial charge in [0.1, 0.15) is 0 Å². The Balaban J connectivity index is 2.13. The lowest BCUT2D eigenvalue weighted by Crippen LogP contribution is -2.34. The van der Waals surface area contributed by atoms with Crippen molar-refractivity contribution >= 4 is 17.5 Å². The molecule has 3 nitrogen and oxygen atoms in total. The van der Waals surface area contributed by atoms with Gasteiger partial charge in [0.05, 0.1) is 10.6 Å². The van der Waals surface area contributed by atoms with Crippen molar-refractivity contribution < 1.29 is 4.79 Å². The molecule has 0 saturated carbocycles. The van der Waals surface area contributed by atoms with Crippen LogP contribution in [0.1, 0.15) is 48.2 Å². The fourth-order valence-corrected chi connectivity index (χ4v) is 2.59. The smallest absolute Gasteiger partial charge is 0.256 e. The van der Waals surface area contributed by atoms with Gasteiger partial charge in [-0.2, -0.15) is 0 Å². The first-order valence-electron chi connectivity index (χ1n) is 6.60. The molecule has 98 valence electrons. The fraction of sp³-hybridized carbons (Fsp3) is 0.571. The molecule has 0 aromatic carbocycles. The van der Waals surface area contributed by atoms with Crippen molar-refractivity contribution in [2.45, 2.75) is 39.0 Å². The molecule has 1 aliphatic rings. The standard InChI is InChI=1S/C14H19ClN2O/c1-11-9-13(15)12(10-16-11)14(18)17-7-5-3-2-4-6-8-17/h9-10H,2-8H2,1H3. The fourth-order valence-electron chi connectivity index (χ4n) is 2.30. The summed E-state index contributed by atoms with van der Waals surface area (Å²) < 4.78 is 0. The molecule has 0 unspecified atom stereocenters. The van der Waals surface area contributed by atoms with Crippen LogP contribution in [0.4, 0.5) is 0 Å². The molecule has 4 heteroatoms. The van der Waals surface area contributed by atoms with Crippen LogP contribution in [-0.4, -0.2) is 28.9 Å². The van der Waals surface area contributed by atoms with Gasteiger partial charge in [-0.3, -0.25) is 9.78 Å². The number of carbonyl (C=O) groups excluding carboxylic acids is 1. The van der Waals surface area contributed by atoms with Gasteiger partial charge in [-0.25, -0.2) is 0 Å². The Hall–Kier alpha value is -1.09. The Morgan fingerprint density at radius 1 is 1.22 bits per heavy atom. The number of carbonyl (C=O) groups is 1. The summed E-state index contributed by atoms with van der Waals surface area (Å²) >= 11 is 6.13. The summed E-state index contributed by atoms with van der Waals surface area (Å²) in [5.41, 5.74) is 1.37. The van der Waals surface area contributed by atoms with Gasteiger partial charge in [-0.15, -0.1) is 0 Å². The first-order chi connectivity index (χ1) is 8.68. The predicted molar refractivity (Wildman–Crippen MR) is 73.0 cm³/mol. The van der Waals surface area contributed by atoms with Gasteiger partial charge in [-0.05, 0) is 25.8 Å². The van der Waals surface area contributed by atoms with E-state index < -0.39 is 0 Å². The molecule has 1 fully saturated rings. The van der Waals surface area contributed by atoms with E-state index in [1.54, 1.807) is 12.3 Å². The lowest BCUT2D eigenvalue weighted by Gasteiger charge is -2.25. The average Bonchev–Trinajstić information content (AvgIpc) is 2.27. The van der Waals surface area contributed by atoms with Crippen LogP contribution in [0.25, 0.3) is 0 Å². The number of amides is 1. The number of halogens is 1. The summed E-state index contributed by atoms with van der Waals surface area (Å²) in [5, 5.41) is 0.509. The molecule has 1 aromatic rings. The van der Waals surface area contributed by atoms with Crippen molar-refractivity contribution in [1.82, 2.24) is 9.88 Å². The molecule has 0 aliphatic carbocycles. The molecule has 2 rings (SSSR count). The molecule has 0 atom stereocenters. The number of aryl methyl sites for hydroxylation is 1. The summed E-state index contributed by atoms with van der Waals surface area (Å²) in [6.45, 7) is 3.54. The molecule has 0 bridgehead atoms. The highest BCUT2D eigenvalue weighted by Crippen LogP contribution is 2.19. The highest BCUT2D eigenvalue weighted by Gasteiger charge is 2.19. The number of nitrogens with zero attached hydrogens (tertiary/aromatic N) is 2. The van der Waals surface area contributed by atoms with E-state index >= 15 is 0 Å². The molecule has 0 N–H and O–H groups in total. The van der Waals surface area contributed by atoms with Crippen LogP contribution in [0.3, 0.4) is 0 Å². The second-order valence-corrected chi connectivity index (χ2v) is 5.27. The number of likely N-dealkylation sites (tertiary alicyclic amines) is 1. The maximum Gasteiger partial charge on any atom is 0.256 e. The highest BCUT2D eigenvalue weighted by atomic mass is 35.5. The lowest BCUT2D eigenvalue weighted by atomic mass is 10.1. The van der Waals surface area contributed by atoms with E-state index in [0.717, 1.165) is 31.6 Å². The number of rotatable bonds is 1. The quantitative estimate of drug-likeness (QED) is 0.780. The molecule has 0 radical (unpaired) electrons. The SMILES string of the molecule is Cc1cc(Cl)c(C(=O)N2CCCCCCC2)cn1. The van der Waals surface area contributed by atoms with Crippen molar-refractivity contribution in [2.24, 2.45) is 0 Å². The van der Waals surface area contributed by atoms with Crippen molar-refractivity contribution in [3.05, 3.63) is 28.5 Å². The molecule has 18 heavy (non-hydrogen) atoms. The average molecular weight is 267 g/mol. The zero-order valence-electron chi connectivity index (χ0n) is 10.8. The Kier molecular flexibility index (Phi) is 4.59. The van der Waals surface area contributed by atoms with Crippen LogP contribution in [0.5, 0.6) is 0 Å². The minimum atomic E-state index is 0.0226. The van der Waals surface area contributed by atoms with E-state index in [1.807, 2.05) is 11.8 Å². The summed E-state index contributed by atoms with van der Waals surface area (Å²) in [7, 11) is 0. The highest BCUT2D eigenvalue weighted by molar-refractivity contribution is 6.33. The van der Waals surface area contributed by atoms with Gasteiger partial charge in [0.15, 0.2) is 0 Å². The second-order valence-electron chi connectivity index (χ2n) is 4.87. The van der Waals surface area contributed by atoms with E-state index in [2.05, 4.69) is 4.98 Å². The topological polar surface area (TPSA) is 33.2 Å². The van der Waals surface area contributed by atoms with Crippen LogP contribution < -0.4 is 0 Å². The van der Waals surface area contributed by atoms with Crippen LogP contribution in [0.15, 0.2) is 12.3 Å². The largest absolute Gasteiger partial charge is 0.339 e. The normalized spacial score (nSPS) is 17.1. The van der Waals surface area contributed by atoms with Gasteiger partial charge < -0.3 is 4.90 Å². The summed E-state index contributed by atoms with van der Waals surface area (Å²) in [4.78, 5) is 18.5. The lowest BCUT2D eigenvalue weighted by molar-refractivity contribution is 0.0742. The zero-order chi connectivity index (χ0) is 13.0. The van der Waals surface area contributed by atoms with Gasteiger partial charge in [-0.1, -0.05) is 30.9 Å². The number of aromatic nitrogens is 1. The Morgan fingerprint density at radius 2 is 1.83 bits per heavy atom. The van der Waals surface area contributed by atoms with Gasteiger partial charge in [0, 0.05) is 25.0 Å². The monoisotopic (exact) mass is 266 g/mol. The molecule has 1 saturated heterocycles. The van der Waals surface area contributed by atoms with Gasteiger partial charge >= 0.3 is 0 Å².